The average molecular weight is 232 g/mol. The van der Waals surface area contributed by atoms with Crippen LogP contribution in [-0.4, -0.2) is 18.2 Å². The molecule has 0 saturated carbocycles. The largest absolute Gasteiger partial charge is 0.468 e. The first-order valence-electron chi connectivity index (χ1n) is 4.43. The van der Waals surface area contributed by atoms with Crippen LogP contribution in [-0.2, 0) is 0 Å². The van der Waals surface area contributed by atoms with E-state index in [1.165, 1.54) is 19.1 Å². The lowest BCUT2D eigenvalue weighted by molar-refractivity contribution is -0.281. The Morgan fingerprint density at radius 3 is 2.69 bits per heavy atom. The van der Waals surface area contributed by atoms with Crippen LogP contribution in [0, 0.1) is 0 Å². The molecular weight excluding hydrogens is 225 g/mol. The molecule has 0 aromatic heterocycles. The minimum absolute atomic E-state index is 0.203. The molecule has 1 unspecified atom stereocenters. The molecule has 0 saturated heterocycles. The van der Waals surface area contributed by atoms with Crippen molar-refractivity contribution in [1.82, 2.24) is 0 Å². The number of benzene rings is 1. The van der Waals surface area contributed by atoms with Crippen LogP contribution in [0.4, 0.5) is 13.2 Å². The van der Waals surface area contributed by atoms with E-state index in [1.54, 1.807) is 0 Å². The SMILES string of the molecule is CC(=O)c1ccc2c(c1)OC(F)C(F)(F)O2. The quantitative estimate of drug-likeness (QED) is 0.698. The number of Topliss-reactive ketones (excluding diaryl/α,β-unsaturated/α-hetero) is 1. The van der Waals surface area contributed by atoms with Crippen LogP contribution < -0.4 is 9.47 Å². The first kappa shape index (κ1) is 10.8. The van der Waals surface area contributed by atoms with E-state index in [0.29, 0.717) is 0 Å². The fraction of sp³-hybridized carbons (Fsp3) is 0.300. The molecule has 1 heterocycles. The highest BCUT2D eigenvalue weighted by Gasteiger charge is 2.49. The van der Waals surface area contributed by atoms with Gasteiger partial charge in [0.1, 0.15) is 0 Å². The van der Waals surface area contributed by atoms with E-state index >= 15 is 0 Å². The zero-order valence-electron chi connectivity index (χ0n) is 8.17. The highest BCUT2D eigenvalue weighted by molar-refractivity contribution is 5.94. The van der Waals surface area contributed by atoms with Crippen molar-refractivity contribution in [2.75, 3.05) is 0 Å². The number of alkyl halides is 3. The van der Waals surface area contributed by atoms with E-state index in [9.17, 15) is 18.0 Å². The minimum Gasteiger partial charge on any atom is -0.447 e. The Labute approximate surface area is 88.8 Å². The number of ketones is 1. The predicted molar refractivity (Wildman–Crippen MR) is 47.5 cm³/mol. The van der Waals surface area contributed by atoms with Crippen LogP contribution in [0.5, 0.6) is 11.5 Å². The van der Waals surface area contributed by atoms with Gasteiger partial charge in [-0.3, -0.25) is 4.79 Å². The lowest BCUT2D eigenvalue weighted by atomic mass is 10.1. The van der Waals surface area contributed by atoms with Gasteiger partial charge < -0.3 is 9.47 Å². The van der Waals surface area contributed by atoms with Gasteiger partial charge in [0.05, 0.1) is 0 Å². The van der Waals surface area contributed by atoms with Gasteiger partial charge in [0, 0.05) is 5.56 Å². The van der Waals surface area contributed by atoms with Gasteiger partial charge in [-0.05, 0) is 25.1 Å². The Kier molecular flexibility index (Phi) is 2.29. The smallest absolute Gasteiger partial charge is 0.447 e. The maximum absolute atomic E-state index is 12.8. The average Bonchev–Trinajstić information content (AvgIpc) is 2.18. The van der Waals surface area contributed by atoms with Crippen molar-refractivity contribution >= 4 is 5.78 Å². The van der Waals surface area contributed by atoms with Gasteiger partial charge in [0.15, 0.2) is 17.3 Å². The Hall–Kier alpha value is -1.72. The van der Waals surface area contributed by atoms with E-state index in [2.05, 4.69) is 9.47 Å². The van der Waals surface area contributed by atoms with E-state index in [1.807, 2.05) is 0 Å². The van der Waals surface area contributed by atoms with Gasteiger partial charge >= 0.3 is 12.5 Å². The van der Waals surface area contributed by atoms with Crippen LogP contribution in [0.2, 0.25) is 0 Å². The molecule has 1 aromatic rings. The van der Waals surface area contributed by atoms with E-state index in [4.69, 9.17) is 0 Å². The van der Waals surface area contributed by atoms with E-state index in [0.717, 1.165) is 6.07 Å². The zero-order valence-corrected chi connectivity index (χ0v) is 8.17. The fourth-order valence-corrected chi connectivity index (χ4v) is 1.28. The summed E-state index contributed by atoms with van der Waals surface area (Å²) >= 11 is 0. The molecule has 3 nitrogen and oxygen atoms in total. The molecule has 1 atom stereocenters. The third-order valence-corrected chi connectivity index (χ3v) is 2.09. The number of hydrogen-bond acceptors (Lipinski definition) is 3. The standard InChI is InChI=1S/C10H7F3O3/c1-5(14)6-2-3-7-8(4-6)15-9(11)10(12,13)16-7/h2-4,9H,1H3. The van der Waals surface area contributed by atoms with E-state index < -0.39 is 12.5 Å². The van der Waals surface area contributed by atoms with Gasteiger partial charge in [-0.2, -0.15) is 13.2 Å². The van der Waals surface area contributed by atoms with Crippen LogP contribution in [0.15, 0.2) is 18.2 Å². The maximum atomic E-state index is 12.8. The molecule has 2 rings (SSSR count). The first-order chi connectivity index (χ1) is 7.40. The van der Waals surface area contributed by atoms with Gasteiger partial charge in [0.2, 0.25) is 0 Å². The highest BCUT2D eigenvalue weighted by Crippen LogP contribution is 2.40. The molecule has 0 bridgehead atoms. The molecule has 0 N–H and O–H groups in total. The Bertz CT molecular complexity index is 445. The molecule has 1 aliphatic rings. The molecule has 1 aliphatic heterocycles. The van der Waals surface area contributed by atoms with Crippen molar-refractivity contribution < 1.29 is 27.4 Å². The number of carbonyl (C=O) groups is 1. The number of fused-ring (bicyclic) bond motifs is 1. The monoisotopic (exact) mass is 232 g/mol. The predicted octanol–water partition coefficient (Wildman–Crippen LogP) is 2.55. The molecule has 0 aliphatic carbocycles. The summed E-state index contributed by atoms with van der Waals surface area (Å²) in [5.74, 6) is -0.769. The Morgan fingerprint density at radius 1 is 1.38 bits per heavy atom. The Morgan fingerprint density at radius 2 is 2.06 bits per heavy atom. The molecule has 6 heteroatoms. The zero-order chi connectivity index (χ0) is 11.9. The second kappa shape index (κ2) is 3.40. The summed E-state index contributed by atoms with van der Waals surface area (Å²) < 4.78 is 46.7. The summed E-state index contributed by atoms with van der Waals surface area (Å²) in [5.41, 5.74) is 0.236. The van der Waals surface area contributed by atoms with Gasteiger partial charge in [-0.1, -0.05) is 0 Å². The number of rotatable bonds is 1. The van der Waals surface area contributed by atoms with Crippen molar-refractivity contribution in [3.05, 3.63) is 23.8 Å². The van der Waals surface area contributed by atoms with Crippen molar-refractivity contribution in [2.24, 2.45) is 0 Å². The molecule has 0 amide bonds. The van der Waals surface area contributed by atoms with Crippen molar-refractivity contribution in [2.45, 2.75) is 19.4 Å². The molecule has 0 fully saturated rings. The topological polar surface area (TPSA) is 35.5 Å². The summed E-state index contributed by atoms with van der Waals surface area (Å²) in [6, 6.07) is 3.62. The lowest BCUT2D eigenvalue weighted by Gasteiger charge is -2.28. The summed E-state index contributed by atoms with van der Waals surface area (Å²) in [7, 11) is 0. The van der Waals surface area contributed by atoms with Crippen molar-refractivity contribution in [3.63, 3.8) is 0 Å². The Balaban J connectivity index is 2.40. The second-order valence-corrected chi connectivity index (χ2v) is 3.32. The normalized spacial score (nSPS) is 21.6. The second-order valence-electron chi connectivity index (χ2n) is 3.32. The summed E-state index contributed by atoms with van der Waals surface area (Å²) in [6.45, 7) is 1.30. The van der Waals surface area contributed by atoms with Gasteiger partial charge in [-0.15, -0.1) is 0 Å². The minimum atomic E-state index is -4.01. The summed E-state index contributed by atoms with van der Waals surface area (Å²) in [4.78, 5) is 11.0. The van der Waals surface area contributed by atoms with Crippen molar-refractivity contribution in [3.8, 4) is 11.5 Å². The molecule has 16 heavy (non-hydrogen) atoms. The first-order valence-corrected chi connectivity index (χ1v) is 4.43. The molecular formula is C10H7F3O3. The van der Waals surface area contributed by atoms with Crippen LogP contribution >= 0.6 is 0 Å². The van der Waals surface area contributed by atoms with Crippen LogP contribution in [0.25, 0.3) is 0 Å². The molecule has 0 spiro atoms. The number of hydrogen-bond donors (Lipinski definition) is 0. The molecule has 0 radical (unpaired) electrons. The number of ether oxygens (including phenoxy) is 2. The maximum Gasteiger partial charge on any atom is 0.468 e. The van der Waals surface area contributed by atoms with Crippen molar-refractivity contribution in [1.29, 1.82) is 0 Å². The number of halogens is 3. The third kappa shape index (κ3) is 1.70. The summed E-state index contributed by atoms with van der Waals surface area (Å²) in [6.07, 6.45) is -6.88. The lowest BCUT2D eigenvalue weighted by Crippen LogP contribution is -2.43. The van der Waals surface area contributed by atoms with Crippen LogP contribution in [0.1, 0.15) is 17.3 Å². The van der Waals surface area contributed by atoms with Gasteiger partial charge in [0.25, 0.3) is 0 Å². The highest BCUT2D eigenvalue weighted by atomic mass is 19.3. The number of carbonyl (C=O) groups excluding carboxylic acids is 1. The third-order valence-electron chi connectivity index (χ3n) is 2.09. The molecule has 1 aromatic carbocycles. The fourth-order valence-electron chi connectivity index (χ4n) is 1.28. The van der Waals surface area contributed by atoms with Gasteiger partial charge in [-0.25, -0.2) is 0 Å². The van der Waals surface area contributed by atoms with Crippen LogP contribution in [0.3, 0.4) is 0 Å². The molecule has 86 valence electrons. The summed E-state index contributed by atoms with van der Waals surface area (Å²) in [5, 5.41) is 0. The van der Waals surface area contributed by atoms with E-state index in [-0.39, 0.29) is 22.8 Å².